The molecule has 1 aromatic rings. The van der Waals surface area contributed by atoms with E-state index in [0.29, 0.717) is 12.0 Å². The van der Waals surface area contributed by atoms with E-state index in [1.54, 1.807) is 0 Å². The second-order valence-corrected chi connectivity index (χ2v) is 7.85. The standard InChI is InChI=1S/C20H32N4O.ClH/c1-3-17-6-4-5-7-18(17)22-19(25)14-23-10-12-24(13-11-23)16-20(2)8-9-21-15-20;/h4-7,21H,3,8-16H2,1-2H3,(H,22,25);1H. The first-order valence-corrected chi connectivity index (χ1v) is 9.61. The van der Waals surface area contributed by atoms with Gasteiger partial charge in [-0.3, -0.25) is 9.69 Å². The highest BCUT2D eigenvalue weighted by molar-refractivity contribution is 5.93. The zero-order valence-corrected chi connectivity index (χ0v) is 16.9. The van der Waals surface area contributed by atoms with E-state index in [1.165, 1.54) is 18.5 Å². The Labute approximate surface area is 163 Å². The van der Waals surface area contributed by atoms with Crippen LogP contribution in [0.2, 0.25) is 0 Å². The molecule has 1 unspecified atom stereocenters. The fourth-order valence-electron chi connectivity index (χ4n) is 3.99. The van der Waals surface area contributed by atoms with E-state index in [1.807, 2.05) is 18.2 Å². The molecule has 1 atom stereocenters. The second-order valence-electron chi connectivity index (χ2n) is 7.85. The quantitative estimate of drug-likeness (QED) is 0.794. The molecule has 3 rings (SSSR count). The molecule has 0 aromatic heterocycles. The third kappa shape index (κ3) is 5.68. The molecule has 26 heavy (non-hydrogen) atoms. The van der Waals surface area contributed by atoms with Crippen LogP contribution in [0.25, 0.3) is 0 Å². The molecule has 0 bridgehead atoms. The van der Waals surface area contributed by atoms with Gasteiger partial charge in [0.15, 0.2) is 0 Å². The number of piperazine rings is 1. The molecular formula is C20H33ClN4O. The molecule has 2 fully saturated rings. The van der Waals surface area contributed by atoms with Crippen LogP contribution in [0, 0.1) is 5.41 Å². The lowest BCUT2D eigenvalue weighted by molar-refractivity contribution is -0.117. The van der Waals surface area contributed by atoms with Gasteiger partial charge >= 0.3 is 0 Å². The minimum absolute atomic E-state index is 0. The molecule has 0 radical (unpaired) electrons. The van der Waals surface area contributed by atoms with E-state index < -0.39 is 0 Å². The monoisotopic (exact) mass is 380 g/mol. The minimum Gasteiger partial charge on any atom is -0.325 e. The van der Waals surface area contributed by atoms with Gasteiger partial charge in [0.05, 0.1) is 6.54 Å². The summed E-state index contributed by atoms with van der Waals surface area (Å²) in [5.74, 6) is 0.0984. The fraction of sp³-hybridized carbons (Fsp3) is 0.650. The van der Waals surface area contributed by atoms with E-state index in [9.17, 15) is 4.79 Å². The summed E-state index contributed by atoms with van der Waals surface area (Å²) in [4.78, 5) is 17.2. The average molecular weight is 381 g/mol. The normalized spacial score (nSPS) is 24.2. The molecule has 6 heteroatoms. The van der Waals surface area contributed by atoms with Gasteiger partial charge in [0.2, 0.25) is 5.91 Å². The van der Waals surface area contributed by atoms with Gasteiger partial charge in [-0.05, 0) is 36.4 Å². The topological polar surface area (TPSA) is 47.6 Å². The maximum atomic E-state index is 12.4. The van der Waals surface area contributed by atoms with Crippen LogP contribution in [0.1, 0.15) is 25.8 Å². The van der Waals surface area contributed by atoms with Crippen LogP contribution >= 0.6 is 12.4 Å². The summed E-state index contributed by atoms with van der Waals surface area (Å²) in [6, 6.07) is 8.07. The Balaban J connectivity index is 0.00000243. The van der Waals surface area contributed by atoms with Crippen LogP contribution < -0.4 is 10.6 Å². The summed E-state index contributed by atoms with van der Waals surface area (Å²) in [6.45, 7) is 12.5. The molecular weight excluding hydrogens is 348 g/mol. The highest BCUT2D eigenvalue weighted by atomic mass is 35.5. The number of hydrogen-bond acceptors (Lipinski definition) is 4. The predicted molar refractivity (Wildman–Crippen MR) is 110 cm³/mol. The van der Waals surface area contributed by atoms with Gasteiger partial charge in [-0.2, -0.15) is 0 Å². The first-order chi connectivity index (χ1) is 12.1. The number of carbonyl (C=O) groups is 1. The lowest BCUT2D eigenvalue weighted by atomic mass is 9.89. The van der Waals surface area contributed by atoms with Crippen molar-refractivity contribution >= 4 is 24.0 Å². The fourth-order valence-corrected chi connectivity index (χ4v) is 3.99. The Morgan fingerprint density at radius 1 is 1.19 bits per heavy atom. The maximum absolute atomic E-state index is 12.4. The zero-order valence-electron chi connectivity index (χ0n) is 16.1. The number of rotatable bonds is 6. The van der Waals surface area contributed by atoms with Gasteiger partial charge in [-0.1, -0.05) is 32.0 Å². The summed E-state index contributed by atoms with van der Waals surface area (Å²) < 4.78 is 0. The second kappa shape index (κ2) is 9.70. The van der Waals surface area contributed by atoms with Crippen LogP contribution in [0.15, 0.2) is 24.3 Å². The van der Waals surface area contributed by atoms with E-state index in [-0.39, 0.29) is 18.3 Å². The Morgan fingerprint density at radius 3 is 2.54 bits per heavy atom. The third-order valence-corrected chi connectivity index (χ3v) is 5.57. The summed E-state index contributed by atoms with van der Waals surface area (Å²) in [7, 11) is 0. The summed E-state index contributed by atoms with van der Waals surface area (Å²) >= 11 is 0. The van der Waals surface area contributed by atoms with Gasteiger partial charge < -0.3 is 15.5 Å². The number of carbonyl (C=O) groups excluding carboxylic acids is 1. The highest BCUT2D eigenvalue weighted by Gasteiger charge is 2.31. The SMILES string of the molecule is CCc1ccccc1NC(=O)CN1CCN(CC2(C)CCNC2)CC1.Cl. The Bertz CT molecular complexity index is 581. The van der Waals surface area contributed by atoms with E-state index in [0.717, 1.165) is 51.4 Å². The molecule has 0 spiro atoms. The van der Waals surface area contributed by atoms with Gasteiger partial charge in [-0.15, -0.1) is 12.4 Å². The number of amides is 1. The van der Waals surface area contributed by atoms with Crippen molar-refractivity contribution < 1.29 is 4.79 Å². The van der Waals surface area contributed by atoms with Crippen molar-refractivity contribution in [3.05, 3.63) is 29.8 Å². The number of para-hydroxylation sites is 1. The molecule has 2 aliphatic rings. The third-order valence-electron chi connectivity index (χ3n) is 5.57. The molecule has 146 valence electrons. The van der Waals surface area contributed by atoms with Crippen LogP contribution in [-0.4, -0.2) is 68.1 Å². The molecule has 1 amide bonds. The molecule has 2 N–H and O–H groups in total. The lowest BCUT2D eigenvalue weighted by Crippen LogP contribution is -2.51. The number of halogens is 1. The number of aryl methyl sites for hydroxylation is 1. The summed E-state index contributed by atoms with van der Waals surface area (Å²) in [5.41, 5.74) is 2.57. The van der Waals surface area contributed by atoms with Crippen molar-refractivity contribution in [3.8, 4) is 0 Å². The molecule has 2 aliphatic heterocycles. The van der Waals surface area contributed by atoms with Crippen LogP contribution in [-0.2, 0) is 11.2 Å². The number of benzene rings is 1. The van der Waals surface area contributed by atoms with Crippen molar-refractivity contribution in [2.75, 3.05) is 57.7 Å². The van der Waals surface area contributed by atoms with Crippen molar-refractivity contribution in [3.63, 3.8) is 0 Å². The molecule has 0 saturated carbocycles. The number of nitrogens with zero attached hydrogens (tertiary/aromatic N) is 2. The van der Waals surface area contributed by atoms with Crippen LogP contribution in [0.3, 0.4) is 0 Å². The van der Waals surface area contributed by atoms with E-state index in [2.05, 4.69) is 40.3 Å². The minimum atomic E-state index is 0. The maximum Gasteiger partial charge on any atom is 0.238 e. The summed E-state index contributed by atoms with van der Waals surface area (Å²) in [6.07, 6.45) is 2.20. The number of nitrogens with one attached hydrogen (secondary N) is 2. The molecule has 0 aliphatic carbocycles. The van der Waals surface area contributed by atoms with Crippen molar-refractivity contribution in [2.45, 2.75) is 26.7 Å². The van der Waals surface area contributed by atoms with Gasteiger partial charge in [0, 0.05) is 45.0 Å². The van der Waals surface area contributed by atoms with Crippen LogP contribution in [0.4, 0.5) is 5.69 Å². The molecule has 1 aromatic carbocycles. The van der Waals surface area contributed by atoms with Gasteiger partial charge in [0.25, 0.3) is 0 Å². The van der Waals surface area contributed by atoms with Crippen molar-refractivity contribution in [1.82, 2.24) is 15.1 Å². The summed E-state index contributed by atoms with van der Waals surface area (Å²) in [5, 5.41) is 6.56. The van der Waals surface area contributed by atoms with E-state index >= 15 is 0 Å². The number of hydrogen-bond donors (Lipinski definition) is 2. The van der Waals surface area contributed by atoms with Crippen molar-refractivity contribution in [1.29, 1.82) is 0 Å². The van der Waals surface area contributed by atoms with Gasteiger partial charge in [-0.25, -0.2) is 0 Å². The number of anilines is 1. The highest BCUT2D eigenvalue weighted by Crippen LogP contribution is 2.26. The smallest absolute Gasteiger partial charge is 0.238 e. The van der Waals surface area contributed by atoms with Crippen LogP contribution in [0.5, 0.6) is 0 Å². The largest absolute Gasteiger partial charge is 0.325 e. The predicted octanol–water partition coefficient (Wildman–Crippen LogP) is 2.23. The lowest BCUT2D eigenvalue weighted by Gasteiger charge is -2.38. The molecule has 2 saturated heterocycles. The molecule has 5 nitrogen and oxygen atoms in total. The van der Waals surface area contributed by atoms with E-state index in [4.69, 9.17) is 0 Å². The molecule has 2 heterocycles. The Morgan fingerprint density at radius 2 is 1.88 bits per heavy atom. The first-order valence-electron chi connectivity index (χ1n) is 9.61. The Kier molecular flexibility index (Phi) is 7.89. The first kappa shape index (κ1) is 21.2. The van der Waals surface area contributed by atoms with Crippen molar-refractivity contribution in [2.24, 2.45) is 5.41 Å². The van der Waals surface area contributed by atoms with Gasteiger partial charge in [0.1, 0.15) is 0 Å². The average Bonchev–Trinajstić information content (AvgIpc) is 3.03. The zero-order chi connectivity index (χ0) is 17.7. The Hall–Kier alpha value is -1.14.